The number of nitrogens with one attached hydrogen (secondary N) is 1. The van der Waals surface area contributed by atoms with Gasteiger partial charge >= 0.3 is 5.63 Å². The van der Waals surface area contributed by atoms with Crippen LogP contribution in [0.15, 0.2) is 50.3 Å². The maximum atomic E-state index is 12.4. The van der Waals surface area contributed by atoms with E-state index in [1.54, 1.807) is 36.6 Å². The lowest BCUT2D eigenvalue weighted by Gasteiger charge is -2.14. The van der Waals surface area contributed by atoms with Gasteiger partial charge in [-0.05, 0) is 34.5 Å². The van der Waals surface area contributed by atoms with Gasteiger partial charge in [0.25, 0.3) is 5.91 Å². The Balaban J connectivity index is 1.82. The van der Waals surface area contributed by atoms with Gasteiger partial charge in [-0.15, -0.1) is 0 Å². The molecule has 0 aliphatic carbocycles. The van der Waals surface area contributed by atoms with Crippen LogP contribution in [0.4, 0.5) is 0 Å². The van der Waals surface area contributed by atoms with E-state index < -0.39 is 11.5 Å². The summed E-state index contributed by atoms with van der Waals surface area (Å²) in [6.45, 7) is 0.252. The fourth-order valence-electron chi connectivity index (χ4n) is 2.51. The molecule has 130 valence electrons. The molecule has 0 fully saturated rings. The van der Waals surface area contributed by atoms with Gasteiger partial charge in [0, 0.05) is 19.0 Å². The predicted molar refractivity (Wildman–Crippen MR) is 95.4 cm³/mol. The molecule has 7 heteroatoms. The van der Waals surface area contributed by atoms with Gasteiger partial charge in [0.05, 0.1) is 7.11 Å². The zero-order valence-corrected chi connectivity index (χ0v) is 14.6. The Morgan fingerprint density at radius 1 is 1.32 bits per heavy atom. The van der Waals surface area contributed by atoms with E-state index >= 15 is 0 Å². The fraction of sp³-hybridized carbons (Fsp3) is 0.222. The summed E-state index contributed by atoms with van der Waals surface area (Å²) in [7, 11) is 3.07. The predicted octanol–water partition coefficient (Wildman–Crippen LogP) is 2.98. The fourth-order valence-corrected chi connectivity index (χ4v) is 3.21. The zero-order valence-electron chi connectivity index (χ0n) is 13.8. The van der Waals surface area contributed by atoms with Crippen molar-refractivity contribution in [1.82, 2.24) is 5.32 Å². The van der Waals surface area contributed by atoms with Gasteiger partial charge in [0.15, 0.2) is 11.3 Å². The monoisotopic (exact) mass is 359 g/mol. The van der Waals surface area contributed by atoms with Gasteiger partial charge in [-0.3, -0.25) is 4.79 Å². The summed E-state index contributed by atoms with van der Waals surface area (Å²) in [6.07, 6.45) is -0.275. The summed E-state index contributed by atoms with van der Waals surface area (Å²) in [5, 5.41) is 7.23. The molecule has 2 aromatic heterocycles. The molecule has 6 nitrogen and oxygen atoms in total. The summed E-state index contributed by atoms with van der Waals surface area (Å²) in [6, 6.07) is 8.64. The Labute approximate surface area is 148 Å². The van der Waals surface area contributed by atoms with Crippen molar-refractivity contribution in [3.63, 3.8) is 0 Å². The van der Waals surface area contributed by atoms with Gasteiger partial charge in [-0.2, -0.15) is 11.3 Å². The van der Waals surface area contributed by atoms with Crippen LogP contribution in [0, 0.1) is 0 Å². The second-order valence-electron chi connectivity index (χ2n) is 5.32. The number of carbonyl (C=O) groups is 1. The molecule has 25 heavy (non-hydrogen) atoms. The van der Waals surface area contributed by atoms with E-state index in [0.29, 0.717) is 16.7 Å². The van der Waals surface area contributed by atoms with Crippen LogP contribution < -0.4 is 15.7 Å². The molecule has 0 aliphatic heterocycles. The number of benzene rings is 1. The first-order valence-electron chi connectivity index (χ1n) is 7.58. The lowest BCUT2D eigenvalue weighted by molar-refractivity contribution is 0.0826. The molecule has 1 amide bonds. The summed E-state index contributed by atoms with van der Waals surface area (Å²) < 4.78 is 15.8. The number of amides is 1. The zero-order chi connectivity index (χ0) is 17.8. The quantitative estimate of drug-likeness (QED) is 0.685. The summed E-state index contributed by atoms with van der Waals surface area (Å²) in [5.41, 5.74) is 0.530. The van der Waals surface area contributed by atoms with Crippen LogP contribution in [0.5, 0.6) is 5.75 Å². The standard InChI is InChI=1S/C18H17NO5S/c1-22-14-5-3-4-11-8-13(18(21)24-16(11)14)17(20)19-9-15(23-2)12-6-7-25-10-12/h3-8,10,15H,9H2,1-2H3,(H,19,20). The number of para-hydroxylation sites is 1. The van der Waals surface area contributed by atoms with Crippen molar-refractivity contribution in [2.45, 2.75) is 6.10 Å². The highest BCUT2D eigenvalue weighted by Crippen LogP contribution is 2.24. The van der Waals surface area contributed by atoms with E-state index in [0.717, 1.165) is 5.56 Å². The Morgan fingerprint density at radius 3 is 2.84 bits per heavy atom. The molecular formula is C18H17NO5S. The molecular weight excluding hydrogens is 342 g/mol. The SMILES string of the molecule is COc1cccc2cc(C(=O)NCC(OC)c3ccsc3)c(=O)oc12. The van der Waals surface area contributed by atoms with E-state index in [4.69, 9.17) is 13.9 Å². The second-order valence-corrected chi connectivity index (χ2v) is 6.10. The lowest BCUT2D eigenvalue weighted by atomic mass is 10.1. The normalized spacial score (nSPS) is 12.1. The van der Waals surface area contributed by atoms with Crippen molar-refractivity contribution in [2.75, 3.05) is 20.8 Å². The number of fused-ring (bicyclic) bond motifs is 1. The van der Waals surface area contributed by atoms with Crippen molar-refractivity contribution in [2.24, 2.45) is 0 Å². The summed E-state index contributed by atoms with van der Waals surface area (Å²) in [4.78, 5) is 24.6. The van der Waals surface area contributed by atoms with Crippen LogP contribution in [0.2, 0.25) is 0 Å². The highest BCUT2D eigenvalue weighted by atomic mass is 32.1. The Kier molecular flexibility index (Phi) is 5.16. The largest absolute Gasteiger partial charge is 0.493 e. The topological polar surface area (TPSA) is 77.8 Å². The maximum Gasteiger partial charge on any atom is 0.349 e. The smallest absolute Gasteiger partial charge is 0.349 e. The molecule has 0 aliphatic rings. The van der Waals surface area contributed by atoms with Crippen LogP contribution in [-0.2, 0) is 4.74 Å². The highest BCUT2D eigenvalue weighted by molar-refractivity contribution is 7.07. The van der Waals surface area contributed by atoms with Gasteiger partial charge in [-0.25, -0.2) is 4.79 Å². The molecule has 0 saturated heterocycles. The number of thiophene rings is 1. The van der Waals surface area contributed by atoms with Gasteiger partial charge in [0.1, 0.15) is 11.7 Å². The van der Waals surface area contributed by atoms with Gasteiger partial charge in [0.2, 0.25) is 0 Å². The molecule has 0 saturated carbocycles. The van der Waals surface area contributed by atoms with E-state index in [1.807, 2.05) is 16.8 Å². The average molecular weight is 359 g/mol. The number of hydrogen-bond donors (Lipinski definition) is 1. The third kappa shape index (κ3) is 3.57. The van der Waals surface area contributed by atoms with Crippen LogP contribution >= 0.6 is 11.3 Å². The maximum absolute atomic E-state index is 12.4. The Morgan fingerprint density at radius 2 is 2.16 bits per heavy atom. The molecule has 0 radical (unpaired) electrons. The number of hydrogen-bond acceptors (Lipinski definition) is 6. The number of ether oxygens (including phenoxy) is 2. The van der Waals surface area contributed by atoms with Crippen molar-refractivity contribution in [3.05, 3.63) is 62.6 Å². The molecule has 1 N–H and O–H groups in total. The van der Waals surface area contributed by atoms with Crippen LogP contribution in [0.1, 0.15) is 22.0 Å². The third-order valence-electron chi connectivity index (χ3n) is 3.84. The van der Waals surface area contributed by atoms with E-state index in [1.165, 1.54) is 13.2 Å². The first kappa shape index (κ1) is 17.2. The first-order chi connectivity index (χ1) is 12.1. The van der Waals surface area contributed by atoms with E-state index in [2.05, 4.69) is 5.32 Å². The van der Waals surface area contributed by atoms with Crippen molar-refractivity contribution in [3.8, 4) is 5.75 Å². The Bertz CT molecular complexity index is 932. The van der Waals surface area contributed by atoms with Crippen molar-refractivity contribution >= 4 is 28.2 Å². The molecule has 3 aromatic rings. The molecule has 2 heterocycles. The minimum Gasteiger partial charge on any atom is -0.493 e. The van der Waals surface area contributed by atoms with E-state index in [-0.39, 0.29) is 18.2 Å². The van der Waals surface area contributed by atoms with Gasteiger partial charge < -0.3 is 19.2 Å². The molecule has 1 aromatic carbocycles. The van der Waals surface area contributed by atoms with E-state index in [9.17, 15) is 9.59 Å². The van der Waals surface area contributed by atoms with Crippen molar-refractivity contribution < 1.29 is 18.7 Å². The summed E-state index contributed by atoms with van der Waals surface area (Å²) in [5.74, 6) is -0.0609. The number of rotatable bonds is 6. The van der Waals surface area contributed by atoms with Crippen LogP contribution in [0.25, 0.3) is 11.0 Å². The minimum absolute atomic E-state index is 0.0547. The summed E-state index contributed by atoms with van der Waals surface area (Å²) >= 11 is 1.55. The van der Waals surface area contributed by atoms with Gasteiger partial charge in [-0.1, -0.05) is 12.1 Å². The molecule has 0 spiro atoms. The molecule has 1 unspecified atom stereocenters. The molecule has 1 atom stereocenters. The number of methoxy groups -OCH3 is 2. The lowest BCUT2D eigenvalue weighted by Crippen LogP contribution is -2.32. The molecule has 3 rings (SSSR count). The second kappa shape index (κ2) is 7.50. The number of carbonyl (C=O) groups excluding carboxylic acids is 1. The Hall–Kier alpha value is -2.64. The highest BCUT2D eigenvalue weighted by Gasteiger charge is 2.18. The third-order valence-corrected chi connectivity index (χ3v) is 4.54. The minimum atomic E-state index is -0.709. The van der Waals surface area contributed by atoms with Crippen LogP contribution in [0.3, 0.4) is 0 Å². The van der Waals surface area contributed by atoms with Crippen LogP contribution in [-0.4, -0.2) is 26.7 Å². The first-order valence-corrected chi connectivity index (χ1v) is 8.52. The molecule has 0 bridgehead atoms. The average Bonchev–Trinajstić information content (AvgIpc) is 3.15. The van der Waals surface area contributed by atoms with Crippen molar-refractivity contribution in [1.29, 1.82) is 0 Å².